The Bertz CT molecular complexity index is 1290. The number of para-hydroxylation sites is 2. The summed E-state index contributed by atoms with van der Waals surface area (Å²) in [6.45, 7) is 4.10. The molecule has 1 N–H and O–H groups in total. The quantitative estimate of drug-likeness (QED) is 0.326. The number of rotatable bonds is 8. The van der Waals surface area contributed by atoms with E-state index in [1.165, 1.54) is 18.2 Å². The number of thioether (sulfide) groups is 1. The topological polar surface area (TPSA) is 69.0 Å². The SMILES string of the molecule is CCOc1ccc(-c2nnc(SC(C)C(=O)Nc3ccccc3F)n2-c2ccccc2F)cc1. The van der Waals surface area contributed by atoms with Crippen LogP contribution in [0.4, 0.5) is 14.5 Å². The molecule has 0 bridgehead atoms. The standard InChI is InChI=1S/C25H22F2N4O2S/c1-3-33-18-14-12-17(13-15-18)23-29-30-25(31(23)22-11-7-5-9-20(22)27)34-16(2)24(32)28-21-10-6-4-8-19(21)26/h4-16H,3H2,1-2H3,(H,28,32). The monoisotopic (exact) mass is 480 g/mol. The number of nitrogens with zero attached hydrogens (tertiary/aromatic N) is 3. The zero-order chi connectivity index (χ0) is 24.1. The summed E-state index contributed by atoms with van der Waals surface area (Å²) in [6, 6.07) is 19.4. The Labute approximate surface area is 200 Å². The van der Waals surface area contributed by atoms with Crippen LogP contribution in [0.15, 0.2) is 78.0 Å². The van der Waals surface area contributed by atoms with Gasteiger partial charge in [-0.05, 0) is 62.4 Å². The van der Waals surface area contributed by atoms with Crippen LogP contribution in [0.25, 0.3) is 17.1 Å². The van der Waals surface area contributed by atoms with Gasteiger partial charge in [-0.25, -0.2) is 8.78 Å². The lowest BCUT2D eigenvalue weighted by Gasteiger charge is -2.15. The largest absolute Gasteiger partial charge is 0.494 e. The number of benzene rings is 3. The smallest absolute Gasteiger partial charge is 0.237 e. The van der Waals surface area contributed by atoms with Crippen LogP contribution in [0.1, 0.15) is 13.8 Å². The van der Waals surface area contributed by atoms with Crippen LogP contribution in [0, 0.1) is 11.6 Å². The van der Waals surface area contributed by atoms with E-state index in [0.717, 1.165) is 11.8 Å². The van der Waals surface area contributed by atoms with Crippen LogP contribution < -0.4 is 10.1 Å². The lowest BCUT2D eigenvalue weighted by Crippen LogP contribution is -2.23. The van der Waals surface area contributed by atoms with Crippen LogP contribution in [0.2, 0.25) is 0 Å². The molecule has 0 radical (unpaired) electrons. The molecule has 1 unspecified atom stereocenters. The minimum absolute atomic E-state index is 0.0885. The Balaban J connectivity index is 1.66. The van der Waals surface area contributed by atoms with E-state index in [0.29, 0.717) is 28.9 Å². The van der Waals surface area contributed by atoms with Crippen molar-refractivity contribution in [1.29, 1.82) is 0 Å². The van der Waals surface area contributed by atoms with Crippen molar-refractivity contribution in [3.8, 4) is 22.8 Å². The molecule has 0 saturated carbocycles. The van der Waals surface area contributed by atoms with Gasteiger partial charge in [-0.2, -0.15) is 0 Å². The molecule has 1 amide bonds. The first-order valence-electron chi connectivity index (χ1n) is 10.6. The second kappa shape index (κ2) is 10.5. The number of halogens is 2. The number of nitrogens with one attached hydrogen (secondary N) is 1. The molecule has 34 heavy (non-hydrogen) atoms. The molecule has 174 valence electrons. The van der Waals surface area contributed by atoms with Gasteiger partial charge in [-0.1, -0.05) is 36.0 Å². The summed E-state index contributed by atoms with van der Waals surface area (Å²) in [7, 11) is 0. The van der Waals surface area contributed by atoms with Crippen molar-refractivity contribution in [3.05, 3.63) is 84.4 Å². The maximum Gasteiger partial charge on any atom is 0.237 e. The number of ether oxygens (including phenoxy) is 1. The highest BCUT2D eigenvalue weighted by atomic mass is 32.2. The molecule has 0 aliphatic heterocycles. The molecule has 3 aromatic carbocycles. The highest BCUT2D eigenvalue weighted by Gasteiger charge is 2.23. The van der Waals surface area contributed by atoms with Gasteiger partial charge in [0.15, 0.2) is 11.0 Å². The molecule has 6 nitrogen and oxygen atoms in total. The van der Waals surface area contributed by atoms with Crippen molar-refractivity contribution in [2.24, 2.45) is 0 Å². The lowest BCUT2D eigenvalue weighted by molar-refractivity contribution is -0.115. The van der Waals surface area contributed by atoms with E-state index < -0.39 is 22.8 Å². The first-order valence-corrected chi connectivity index (χ1v) is 11.5. The normalized spacial score (nSPS) is 11.8. The molecule has 1 heterocycles. The zero-order valence-corrected chi connectivity index (χ0v) is 19.4. The van der Waals surface area contributed by atoms with Crippen LogP contribution in [-0.2, 0) is 4.79 Å². The van der Waals surface area contributed by atoms with Gasteiger partial charge in [-0.3, -0.25) is 9.36 Å². The summed E-state index contributed by atoms with van der Waals surface area (Å²) < 4.78 is 35.8. The summed E-state index contributed by atoms with van der Waals surface area (Å²) in [6.07, 6.45) is 0. The number of hydrogen-bond acceptors (Lipinski definition) is 5. The van der Waals surface area contributed by atoms with E-state index >= 15 is 0 Å². The third-order valence-corrected chi connectivity index (χ3v) is 5.98. The van der Waals surface area contributed by atoms with Crippen LogP contribution in [0.5, 0.6) is 5.75 Å². The average Bonchev–Trinajstić information content (AvgIpc) is 3.24. The van der Waals surface area contributed by atoms with E-state index in [1.54, 1.807) is 54.0 Å². The van der Waals surface area contributed by atoms with Crippen molar-refractivity contribution in [2.45, 2.75) is 24.3 Å². The molecule has 1 atom stereocenters. The number of amides is 1. The maximum absolute atomic E-state index is 14.8. The van der Waals surface area contributed by atoms with Gasteiger partial charge in [0.2, 0.25) is 5.91 Å². The molecule has 4 rings (SSSR count). The van der Waals surface area contributed by atoms with Crippen molar-refractivity contribution < 1.29 is 18.3 Å². The first-order chi connectivity index (χ1) is 16.5. The highest BCUT2D eigenvalue weighted by Crippen LogP contribution is 2.32. The molecular formula is C25H22F2N4O2S. The lowest BCUT2D eigenvalue weighted by atomic mass is 10.2. The zero-order valence-electron chi connectivity index (χ0n) is 18.5. The number of aromatic nitrogens is 3. The van der Waals surface area contributed by atoms with E-state index in [1.807, 2.05) is 19.1 Å². The van der Waals surface area contributed by atoms with E-state index in [-0.39, 0.29) is 11.4 Å². The third kappa shape index (κ3) is 5.09. The Hall–Kier alpha value is -3.72. The Morgan fingerprint density at radius 1 is 1.00 bits per heavy atom. The number of anilines is 1. The summed E-state index contributed by atoms with van der Waals surface area (Å²) >= 11 is 1.10. The summed E-state index contributed by atoms with van der Waals surface area (Å²) in [4.78, 5) is 12.7. The van der Waals surface area contributed by atoms with Crippen LogP contribution in [-0.4, -0.2) is 32.5 Å². The van der Waals surface area contributed by atoms with E-state index in [2.05, 4.69) is 15.5 Å². The van der Waals surface area contributed by atoms with Crippen molar-refractivity contribution >= 4 is 23.4 Å². The number of carbonyl (C=O) groups excluding carboxylic acids is 1. The fourth-order valence-corrected chi connectivity index (χ4v) is 4.12. The number of carbonyl (C=O) groups is 1. The fourth-order valence-electron chi connectivity index (χ4n) is 3.26. The predicted molar refractivity (Wildman–Crippen MR) is 128 cm³/mol. The van der Waals surface area contributed by atoms with E-state index in [4.69, 9.17) is 4.74 Å². The molecule has 0 fully saturated rings. The van der Waals surface area contributed by atoms with Gasteiger partial charge < -0.3 is 10.1 Å². The van der Waals surface area contributed by atoms with Gasteiger partial charge in [0.1, 0.15) is 17.4 Å². The summed E-state index contributed by atoms with van der Waals surface area (Å²) in [5.41, 5.74) is 1.04. The summed E-state index contributed by atoms with van der Waals surface area (Å²) in [5.74, 6) is -0.283. The Morgan fingerprint density at radius 3 is 2.35 bits per heavy atom. The van der Waals surface area contributed by atoms with Crippen molar-refractivity contribution in [1.82, 2.24) is 14.8 Å². The highest BCUT2D eigenvalue weighted by molar-refractivity contribution is 8.00. The fraction of sp³-hybridized carbons (Fsp3) is 0.160. The van der Waals surface area contributed by atoms with Crippen molar-refractivity contribution in [3.63, 3.8) is 0 Å². The van der Waals surface area contributed by atoms with Gasteiger partial charge >= 0.3 is 0 Å². The molecule has 0 saturated heterocycles. The molecule has 9 heteroatoms. The third-order valence-electron chi connectivity index (χ3n) is 4.93. The number of hydrogen-bond donors (Lipinski definition) is 1. The molecule has 1 aromatic heterocycles. The Morgan fingerprint density at radius 2 is 1.68 bits per heavy atom. The summed E-state index contributed by atoms with van der Waals surface area (Å²) in [5, 5.41) is 10.8. The average molecular weight is 481 g/mol. The van der Waals surface area contributed by atoms with Crippen LogP contribution in [0.3, 0.4) is 0 Å². The first kappa shape index (κ1) is 23.4. The van der Waals surface area contributed by atoms with Gasteiger partial charge in [0, 0.05) is 5.56 Å². The van der Waals surface area contributed by atoms with Crippen molar-refractivity contribution in [2.75, 3.05) is 11.9 Å². The van der Waals surface area contributed by atoms with Crippen LogP contribution >= 0.6 is 11.8 Å². The second-order valence-electron chi connectivity index (χ2n) is 7.28. The maximum atomic E-state index is 14.8. The molecule has 4 aromatic rings. The molecule has 0 aliphatic carbocycles. The predicted octanol–water partition coefficient (Wildman–Crippen LogP) is 5.73. The molecule has 0 aliphatic rings. The minimum atomic E-state index is -0.664. The van der Waals surface area contributed by atoms with E-state index in [9.17, 15) is 13.6 Å². The molecule has 0 spiro atoms. The minimum Gasteiger partial charge on any atom is -0.494 e. The van der Waals surface area contributed by atoms with Gasteiger partial charge in [-0.15, -0.1) is 10.2 Å². The molecular weight excluding hydrogens is 458 g/mol. The van der Waals surface area contributed by atoms with Gasteiger partial charge in [0.05, 0.1) is 23.2 Å². The Kier molecular flexibility index (Phi) is 7.22. The second-order valence-corrected chi connectivity index (χ2v) is 8.59. The van der Waals surface area contributed by atoms with Gasteiger partial charge in [0.25, 0.3) is 0 Å².